The van der Waals surface area contributed by atoms with Crippen LogP contribution in [0.2, 0.25) is 0 Å². The summed E-state index contributed by atoms with van der Waals surface area (Å²) in [6.45, 7) is 1.91. The van der Waals surface area contributed by atoms with E-state index in [1.165, 1.54) is 12.1 Å². The fraction of sp³-hybridized carbons (Fsp3) is 0.417. The first-order valence-electron chi connectivity index (χ1n) is 5.53. The van der Waals surface area contributed by atoms with Crippen LogP contribution in [0.15, 0.2) is 24.3 Å². The highest BCUT2D eigenvalue weighted by Gasteiger charge is 2.36. The molecule has 1 aromatic carbocycles. The SMILES string of the molecule is CCCC(Cc1ccc(O)cc1)(NN)C(=O)O. The lowest BCUT2D eigenvalue weighted by atomic mass is 9.87. The van der Waals surface area contributed by atoms with E-state index in [1.807, 2.05) is 6.92 Å². The number of nitrogens with two attached hydrogens (primary N) is 1. The Morgan fingerprint density at radius 1 is 1.41 bits per heavy atom. The van der Waals surface area contributed by atoms with Gasteiger partial charge in [-0.05, 0) is 24.1 Å². The maximum atomic E-state index is 11.3. The average Bonchev–Trinajstić information content (AvgIpc) is 2.31. The number of aromatic hydroxyl groups is 1. The topological polar surface area (TPSA) is 95.6 Å². The number of carboxylic acid groups (broad SMARTS) is 1. The minimum Gasteiger partial charge on any atom is -0.508 e. The van der Waals surface area contributed by atoms with Crippen LogP contribution < -0.4 is 11.3 Å². The maximum absolute atomic E-state index is 11.3. The molecule has 0 aromatic heterocycles. The monoisotopic (exact) mass is 238 g/mol. The van der Waals surface area contributed by atoms with Gasteiger partial charge in [-0.15, -0.1) is 0 Å². The molecular formula is C12H18N2O3. The van der Waals surface area contributed by atoms with Gasteiger partial charge in [-0.1, -0.05) is 25.5 Å². The van der Waals surface area contributed by atoms with E-state index in [4.69, 9.17) is 10.9 Å². The molecule has 0 aliphatic heterocycles. The van der Waals surface area contributed by atoms with Gasteiger partial charge in [0.05, 0.1) is 0 Å². The lowest BCUT2D eigenvalue weighted by Crippen LogP contribution is -2.57. The highest BCUT2D eigenvalue weighted by atomic mass is 16.4. The molecule has 17 heavy (non-hydrogen) atoms. The molecule has 0 saturated heterocycles. The highest BCUT2D eigenvalue weighted by Crippen LogP contribution is 2.20. The van der Waals surface area contributed by atoms with Crippen molar-refractivity contribution in [2.24, 2.45) is 5.84 Å². The van der Waals surface area contributed by atoms with Gasteiger partial charge < -0.3 is 10.2 Å². The number of benzene rings is 1. The van der Waals surface area contributed by atoms with Gasteiger partial charge in [0, 0.05) is 6.42 Å². The zero-order chi connectivity index (χ0) is 12.9. The first-order valence-corrected chi connectivity index (χ1v) is 5.53. The fourth-order valence-electron chi connectivity index (χ4n) is 1.84. The van der Waals surface area contributed by atoms with Crippen molar-refractivity contribution in [3.05, 3.63) is 29.8 Å². The van der Waals surface area contributed by atoms with Crippen molar-refractivity contribution in [3.63, 3.8) is 0 Å². The summed E-state index contributed by atoms with van der Waals surface area (Å²) < 4.78 is 0. The van der Waals surface area contributed by atoms with Crippen molar-refractivity contribution in [1.82, 2.24) is 5.43 Å². The molecule has 0 amide bonds. The summed E-state index contributed by atoms with van der Waals surface area (Å²) in [5, 5.41) is 18.4. The minimum atomic E-state index is -1.15. The molecule has 5 heteroatoms. The third-order valence-corrected chi connectivity index (χ3v) is 2.80. The summed E-state index contributed by atoms with van der Waals surface area (Å²) in [6, 6.07) is 6.45. The molecule has 0 heterocycles. The van der Waals surface area contributed by atoms with E-state index in [0.717, 1.165) is 5.56 Å². The Kier molecular flexibility index (Phi) is 4.48. The maximum Gasteiger partial charge on any atom is 0.325 e. The van der Waals surface area contributed by atoms with E-state index in [0.29, 0.717) is 12.8 Å². The van der Waals surface area contributed by atoms with Gasteiger partial charge in [0.2, 0.25) is 0 Å². The molecular weight excluding hydrogens is 220 g/mol. The van der Waals surface area contributed by atoms with E-state index in [2.05, 4.69) is 5.43 Å². The van der Waals surface area contributed by atoms with Crippen molar-refractivity contribution < 1.29 is 15.0 Å². The van der Waals surface area contributed by atoms with E-state index in [9.17, 15) is 9.90 Å². The second-order valence-electron chi connectivity index (χ2n) is 4.12. The standard InChI is InChI=1S/C12H18N2O3/c1-2-7-12(14-13,11(16)17)8-9-3-5-10(15)6-4-9/h3-6,14-15H,2,7-8,13H2,1H3,(H,16,17). The van der Waals surface area contributed by atoms with Crippen LogP contribution in [0.5, 0.6) is 5.75 Å². The van der Waals surface area contributed by atoms with Crippen LogP contribution in [0.1, 0.15) is 25.3 Å². The second kappa shape index (κ2) is 5.65. The van der Waals surface area contributed by atoms with Crippen LogP contribution in [-0.4, -0.2) is 21.7 Å². The number of phenols is 1. The van der Waals surface area contributed by atoms with Crippen molar-refractivity contribution >= 4 is 5.97 Å². The van der Waals surface area contributed by atoms with Gasteiger partial charge in [-0.2, -0.15) is 0 Å². The minimum absolute atomic E-state index is 0.158. The van der Waals surface area contributed by atoms with Crippen molar-refractivity contribution in [3.8, 4) is 5.75 Å². The number of aliphatic carboxylic acids is 1. The molecule has 0 aliphatic carbocycles. The Hall–Kier alpha value is -1.59. The lowest BCUT2D eigenvalue weighted by molar-refractivity contribution is -0.145. The zero-order valence-corrected chi connectivity index (χ0v) is 9.81. The van der Waals surface area contributed by atoms with Gasteiger partial charge in [0.15, 0.2) is 0 Å². The van der Waals surface area contributed by atoms with Crippen molar-refractivity contribution in [2.75, 3.05) is 0 Å². The Labute approximate surface area is 100 Å². The Morgan fingerprint density at radius 3 is 2.41 bits per heavy atom. The quantitative estimate of drug-likeness (QED) is 0.438. The second-order valence-corrected chi connectivity index (χ2v) is 4.12. The number of hydrazine groups is 1. The molecule has 0 radical (unpaired) electrons. The number of carboxylic acids is 1. The van der Waals surface area contributed by atoms with E-state index in [1.54, 1.807) is 12.1 Å². The predicted octanol–water partition coefficient (Wildman–Crippen LogP) is 1.02. The molecule has 0 saturated carbocycles. The summed E-state index contributed by atoms with van der Waals surface area (Å²) >= 11 is 0. The molecule has 5 N–H and O–H groups in total. The largest absolute Gasteiger partial charge is 0.508 e. The average molecular weight is 238 g/mol. The zero-order valence-electron chi connectivity index (χ0n) is 9.81. The Balaban J connectivity index is 2.92. The van der Waals surface area contributed by atoms with Gasteiger partial charge in [-0.3, -0.25) is 10.6 Å². The lowest BCUT2D eigenvalue weighted by Gasteiger charge is -2.28. The molecule has 0 bridgehead atoms. The van der Waals surface area contributed by atoms with Crippen LogP contribution in [-0.2, 0) is 11.2 Å². The first kappa shape index (κ1) is 13.5. The summed E-state index contributed by atoms with van der Waals surface area (Å²) in [4.78, 5) is 11.3. The van der Waals surface area contributed by atoms with Crippen LogP contribution in [0.3, 0.4) is 0 Å². The number of rotatable bonds is 6. The molecule has 1 unspecified atom stereocenters. The van der Waals surface area contributed by atoms with E-state index < -0.39 is 11.5 Å². The molecule has 0 fully saturated rings. The van der Waals surface area contributed by atoms with E-state index in [-0.39, 0.29) is 12.2 Å². The van der Waals surface area contributed by atoms with Crippen LogP contribution in [0.25, 0.3) is 0 Å². The summed E-state index contributed by atoms with van der Waals surface area (Å²) in [5.74, 6) is 4.59. The van der Waals surface area contributed by atoms with E-state index >= 15 is 0 Å². The summed E-state index contributed by atoms with van der Waals surface area (Å²) in [7, 11) is 0. The molecule has 0 aliphatic rings. The van der Waals surface area contributed by atoms with Gasteiger partial charge in [0.25, 0.3) is 0 Å². The number of hydrogen-bond donors (Lipinski definition) is 4. The molecule has 1 aromatic rings. The van der Waals surface area contributed by atoms with Crippen LogP contribution in [0.4, 0.5) is 0 Å². The third kappa shape index (κ3) is 3.18. The van der Waals surface area contributed by atoms with Crippen molar-refractivity contribution in [1.29, 1.82) is 0 Å². The molecule has 5 nitrogen and oxygen atoms in total. The predicted molar refractivity (Wildman–Crippen MR) is 64.4 cm³/mol. The molecule has 1 rings (SSSR count). The van der Waals surface area contributed by atoms with Crippen molar-refractivity contribution in [2.45, 2.75) is 31.7 Å². The van der Waals surface area contributed by atoms with Crippen LogP contribution in [0, 0.1) is 0 Å². The molecule has 1 atom stereocenters. The molecule has 94 valence electrons. The van der Waals surface area contributed by atoms with Crippen LogP contribution >= 0.6 is 0 Å². The Bertz CT molecular complexity index is 378. The highest BCUT2D eigenvalue weighted by molar-refractivity contribution is 5.79. The molecule has 0 spiro atoms. The van der Waals surface area contributed by atoms with Gasteiger partial charge in [0.1, 0.15) is 11.3 Å². The summed E-state index contributed by atoms with van der Waals surface area (Å²) in [6.07, 6.45) is 1.45. The summed E-state index contributed by atoms with van der Waals surface area (Å²) in [5.41, 5.74) is 2.09. The number of nitrogens with one attached hydrogen (secondary N) is 1. The normalized spacial score (nSPS) is 14.2. The third-order valence-electron chi connectivity index (χ3n) is 2.80. The first-order chi connectivity index (χ1) is 8.04. The Morgan fingerprint density at radius 2 is 2.00 bits per heavy atom. The van der Waals surface area contributed by atoms with Gasteiger partial charge >= 0.3 is 5.97 Å². The smallest absolute Gasteiger partial charge is 0.325 e. The fourth-order valence-corrected chi connectivity index (χ4v) is 1.84. The number of phenolic OH excluding ortho intramolecular Hbond substituents is 1. The van der Waals surface area contributed by atoms with Gasteiger partial charge in [-0.25, -0.2) is 5.43 Å². The number of hydrogen-bond acceptors (Lipinski definition) is 4. The number of carbonyl (C=O) groups is 1.